The maximum atomic E-state index is 10.5. The molecule has 1 aromatic rings. The minimum atomic E-state index is -0.962. The lowest BCUT2D eigenvalue weighted by atomic mass is 10.2. The fourth-order valence-electron chi connectivity index (χ4n) is 1.91. The Morgan fingerprint density at radius 2 is 2.06 bits per heavy atom. The number of ether oxygens (including phenoxy) is 2. The first-order valence-electron chi connectivity index (χ1n) is 5.98. The number of benzene rings is 1. The summed E-state index contributed by atoms with van der Waals surface area (Å²) in [6, 6.07) is 7.55. The molecule has 18 heavy (non-hydrogen) atoms. The molecule has 1 aliphatic heterocycles. The Kier molecular flexibility index (Phi) is 4.55. The van der Waals surface area contributed by atoms with Crippen LogP contribution >= 0.6 is 0 Å². The van der Waals surface area contributed by atoms with E-state index < -0.39 is 5.97 Å². The van der Waals surface area contributed by atoms with E-state index in [0.717, 1.165) is 38.4 Å². The molecule has 0 bridgehead atoms. The third-order valence-electron chi connectivity index (χ3n) is 2.82. The molecule has 1 fully saturated rings. The summed E-state index contributed by atoms with van der Waals surface area (Å²) >= 11 is 0. The topological polar surface area (TPSA) is 59.0 Å². The number of carboxylic acid groups (broad SMARTS) is 1. The number of rotatable bonds is 5. The Bertz CT molecular complexity index is 402. The van der Waals surface area contributed by atoms with Crippen LogP contribution in [-0.2, 0) is 16.1 Å². The number of aliphatic carboxylic acids is 1. The van der Waals surface area contributed by atoms with Gasteiger partial charge in [-0.1, -0.05) is 18.2 Å². The summed E-state index contributed by atoms with van der Waals surface area (Å²) in [5.74, 6) is -0.317. The highest BCUT2D eigenvalue weighted by atomic mass is 16.5. The van der Waals surface area contributed by atoms with Gasteiger partial charge in [0, 0.05) is 25.2 Å². The third kappa shape index (κ3) is 3.72. The number of para-hydroxylation sites is 1. The van der Waals surface area contributed by atoms with Crippen LogP contribution in [0.2, 0.25) is 0 Å². The molecule has 1 N–H and O–H groups in total. The predicted octanol–water partition coefficient (Wildman–Crippen LogP) is 0.982. The fourth-order valence-corrected chi connectivity index (χ4v) is 1.91. The van der Waals surface area contributed by atoms with Gasteiger partial charge in [-0.15, -0.1) is 0 Å². The van der Waals surface area contributed by atoms with Crippen molar-refractivity contribution in [1.29, 1.82) is 0 Å². The molecule has 98 valence electrons. The van der Waals surface area contributed by atoms with Gasteiger partial charge < -0.3 is 14.6 Å². The van der Waals surface area contributed by atoms with E-state index in [2.05, 4.69) is 4.90 Å². The molecule has 0 aliphatic carbocycles. The van der Waals surface area contributed by atoms with Gasteiger partial charge in [0.05, 0.1) is 13.2 Å². The van der Waals surface area contributed by atoms with Crippen molar-refractivity contribution in [3.8, 4) is 5.75 Å². The van der Waals surface area contributed by atoms with Crippen LogP contribution in [0.25, 0.3) is 0 Å². The van der Waals surface area contributed by atoms with Crippen molar-refractivity contribution in [3.63, 3.8) is 0 Å². The Morgan fingerprint density at radius 3 is 2.78 bits per heavy atom. The Labute approximate surface area is 106 Å². The van der Waals surface area contributed by atoms with E-state index in [1.165, 1.54) is 0 Å². The quantitative estimate of drug-likeness (QED) is 0.845. The fraction of sp³-hybridized carbons (Fsp3) is 0.462. The molecule has 0 spiro atoms. The summed E-state index contributed by atoms with van der Waals surface area (Å²) in [6.07, 6.45) is 0. The van der Waals surface area contributed by atoms with Crippen molar-refractivity contribution in [1.82, 2.24) is 4.90 Å². The molecular weight excluding hydrogens is 234 g/mol. The van der Waals surface area contributed by atoms with Crippen LogP contribution in [-0.4, -0.2) is 48.9 Å². The number of carbonyl (C=O) groups is 1. The van der Waals surface area contributed by atoms with Crippen molar-refractivity contribution in [2.45, 2.75) is 6.54 Å². The lowest BCUT2D eigenvalue weighted by molar-refractivity contribution is -0.139. The second-order valence-corrected chi connectivity index (χ2v) is 4.18. The molecule has 1 aliphatic rings. The van der Waals surface area contributed by atoms with Gasteiger partial charge in [0.25, 0.3) is 0 Å². The zero-order chi connectivity index (χ0) is 12.8. The molecule has 5 nitrogen and oxygen atoms in total. The molecule has 1 aromatic carbocycles. The smallest absolute Gasteiger partial charge is 0.341 e. The van der Waals surface area contributed by atoms with E-state index in [-0.39, 0.29) is 6.61 Å². The Morgan fingerprint density at radius 1 is 1.33 bits per heavy atom. The highest BCUT2D eigenvalue weighted by molar-refractivity contribution is 5.68. The summed E-state index contributed by atoms with van der Waals surface area (Å²) in [5.41, 5.74) is 1.01. The lowest BCUT2D eigenvalue weighted by Crippen LogP contribution is -2.35. The zero-order valence-electron chi connectivity index (χ0n) is 10.2. The lowest BCUT2D eigenvalue weighted by Gasteiger charge is -2.27. The van der Waals surface area contributed by atoms with Crippen LogP contribution in [0.1, 0.15) is 5.56 Å². The van der Waals surface area contributed by atoms with Gasteiger partial charge >= 0.3 is 5.97 Å². The predicted molar refractivity (Wildman–Crippen MR) is 65.7 cm³/mol. The summed E-state index contributed by atoms with van der Waals surface area (Å²) in [5, 5.41) is 8.64. The summed E-state index contributed by atoms with van der Waals surface area (Å²) in [7, 11) is 0. The molecule has 0 aromatic heterocycles. The SMILES string of the molecule is O=C(O)COc1ccccc1CN1CCOCC1. The minimum absolute atomic E-state index is 0.305. The summed E-state index contributed by atoms with van der Waals surface area (Å²) in [6.45, 7) is 3.75. The monoisotopic (exact) mass is 251 g/mol. The minimum Gasteiger partial charge on any atom is -0.482 e. The maximum absolute atomic E-state index is 10.5. The van der Waals surface area contributed by atoms with Gasteiger partial charge in [0.1, 0.15) is 5.75 Å². The molecule has 1 heterocycles. The van der Waals surface area contributed by atoms with Gasteiger partial charge in [-0.3, -0.25) is 4.90 Å². The average molecular weight is 251 g/mol. The Hall–Kier alpha value is -1.59. The summed E-state index contributed by atoms with van der Waals surface area (Å²) < 4.78 is 10.6. The molecule has 2 rings (SSSR count). The first kappa shape index (κ1) is 12.9. The second-order valence-electron chi connectivity index (χ2n) is 4.18. The Balaban J connectivity index is 1.99. The van der Waals surface area contributed by atoms with E-state index in [4.69, 9.17) is 14.6 Å². The molecule has 1 saturated heterocycles. The van der Waals surface area contributed by atoms with Crippen LogP contribution < -0.4 is 4.74 Å². The summed E-state index contributed by atoms with van der Waals surface area (Å²) in [4.78, 5) is 12.8. The maximum Gasteiger partial charge on any atom is 0.341 e. The van der Waals surface area contributed by atoms with Crippen LogP contribution in [0.5, 0.6) is 5.75 Å². The van der Waals surface area contributed by atoms with Crippen molar-refractivity contribution >= 4 is 5.97 Å². The van der Waals surface area contributed by atoms with Crippen molar-refractivity contribution in [2.24, 2.45) is 0 Å². The normalized spacial score (nSPS) is 16.4. The third-order valence-corrected chi connectivity index (χ3v) is 2.82. The van der Waals surface area contributed by atoms with Crippen molar-refractivity contribution in [2.75, 3.05) is 32.9 Å². The highest BCUT2D eigenvalue weighted by Crippen LogP contribution is 2.20. The van der Waals surface area contributed by atoms with E-state index in [9.17, 15) is 4.79 Å². The molecule has 0 saturated carbocycles. The number of carboxylic acids is 1. The van der Waals surface area contributed by atoms with Gasteiger partial charge in [0.15, 0.2) is 6.61 Å². The van der Waals surface area contributed by atoms with Gasteiger partial charge in [-0.25, -0.2) is 4.79 Å². The molecular formula is C13H17NO4. The van der Waals surface area contributed by atoms with Crippen molar-refractivity contribution < 1.29 is 19.4 Å². The first-order chi connectivity index (χ1) is 8.75. The van der Waals surface area contributed by atoms with E-state index >= 15 is 0 Å². The molecule has 5 heteroatoms. The van der Waals surface area contributed by atoms with Crippen LogP contribution in [0.4, 0.5) is 0 Å². The van der Waals surface area contributed by atoms with Gasteiger partial charge in [-0.05, 0) is 6.07 Å². The van der Waals surface area contributed by atoms with E-state index in [1.54, 1.807) is 6.07 Å². The average Bonchev–Trinajstić information content (AvgIpc) is 2.39. The molecule has 0 atom stereocenters. The van der Waals surface area contributed by atoms with Crippen LogP contribution in [0.3, 0.4) is 0 Å². The van der Waals surface area contributed by atoms with E-state index in [0.29, 0.717) is 5.75 Å². The molecule has 0 radical (unpaired) electrons. The number of hydrogen-bond acceptors (Lipinski definition) is 4. The number of hydrogen-bond donors (Lipinski definition) is 1. The standard InChI is InChI=1S/C13H17NO4/c15-13(16)10-18-12-4-2-1-3-11(12)9-14-5-7-17-8-6-14/h1-4H,5-10H2,(H,15,16). The van der Waals surface area contributed by atoms with Crippen LogP contribution in [0.15, 0.2) is 24.3 Å². The van der Waals surface area contributed by atoms with E-state index in [1.807, 2.05) is 18.2 Å². The number of morpholine rings is 1. The van der Waals surface area contributed by atoms with Gasteiger partial charge in [-0.2, -0.15) is 0 Å². The molecule has 0 amide bonds. The largest absolute Gasteiger partial charge is 0.482 e. The zero-order valence-corrected chi connectivity index (χ0v) is 10.2. The van der Waals surface area contributed by atoms with Gasteiger partial charge in [0.2, 0.25) is 0 Å². The number of nitrogens with zero attached hydrogens (tertiary/aromatic N) is 1. The van der Waals surface area contributed by atoms with Crippen molar-refractivity contribution in [3.05, 3.63) is 29.8 Å². The first-order valence-corrected chi connectivity index (χ1v) is 5.98. The second kappa shape index (κ2) is 6.37. The van der Waals surface area contributed by atoms with Crippen LogP contribution in [0, 0.1) is 0 Å². The highest BCUT2D eigenvalue weighted by Gasteiger charge is 2.13. The molecule has 0 unspecified atom stereocenters.